The smallest absolute Gasteiger partial charge is 0.317 e. The van der Waals surface area contributed by atoms with E-state index < -0.39 is 0 Å². The fraction of sp³-hybridized carbons (Fsp3) is 0.529. The number of nitrogens with one attached hydrogen (secondary N) is 1. The Kier molecular flexibility index (Phi) is 5.06. The number of amides is 3. The number of benzene rings is 1. The maximum Gasteiger partial charge on any atom is 0.317 e. The molecule has 0 spiro atoms. The molecule has 1 heterocycles. The summed E-state index contributed by atoms with van der Waals surface area (Å²) < 4.78 is 0. The first-order valence-electron chi connectivity index (χ1n) is 8.19. The van der Waals surface area contributed by atoms with Gasteiger partial charge in [0.1, 0.15) is 0 Å². The topological polar surface area (TPSA) is 52.7 Å². The Morgan fingerprint density at radius 1 is 1.04 bits per heavy atom. The van der Waals surface area contributed by atoms with Crippen molar-refractivity contribution in [2.75, 3.05) is 26.2 Å². The zero-order valence-corrected chi connectivity index (χ0v) is 13.9. The number of rotatable bonds is 3. The van der Waals surface area contributed by atoms with Gasteiger partial charge in [-0.25, -0.2) is 4.79 Å². The van der Waals surface area contributed by atoms with Crippen LogP contribution in [-0.4, -0.2) is 47.9 Å². The van der Waals surface area contributed by atoms with E-state index in [2.05, 4.69) is 5.32 Å². The van der Waals surface area contributed by atoms with Gasteiger partial charge >= 0.3 is 6.03 Å². The van der Waals surface area contributed by atoms with E-state index in [9.17, 15) is 9.59 Å². The van der Waals surface area contributed by atoms with Crippen molar-refractivity contribution in [2.45, 2.75) is 25.8 Å². The molecule has 23 heavy (non-hydrogen) atoms. The molecule has 1 N–H and O–H groups in total. The largest absolute Gasteiger partial charge is 0.339 e. The number of carbonyl (C=O) groups excluding carboxylic acids is 2. The van der Waals surface area contributed by atoms with Crippen LogP contribution in [-0.2, 0) is 11.3 Å². The van der Waals surface area contributed by atoms with E-state index in [4.69, 9.17) is 11.6 Å². The average molecular weight is 336 g/mol. The highest BCUT2D eigenvalue weighted by molar-refractivity contribution is 6.30. The summed E-state index contributed by atoms with van der Waals surface area (Å²) in [6.45, 7) is 2.97. The van der Waals surface area contributed by atoms with Crippen LogP contribution in [0.5, 0.6) is 0 Å². The zero-order valence-electron chi connectivity index (χ0n) is 13.1. The van der Waals surface area contributed by atoms with Crippen LogP contribution in [0.15, 0.2) is 24.3 Å². The van der Waals surface area contributed by atoms with Gasteiger partial charge in [0.05, 0.1) is 0 Å². The molecule has 0 atom stereocenters. The molecule has 1 saturated carbocycles. The molecule has 1 aliphatic carbocycles. The summed E-state index contributed by atoms with van der Waals surface area (Å²) in [6.07, 6.45) is 3.23. The molecule has 5 nitrogen and oxygen atoms in total. The van der Waals surface area contributed by atoms with Gasteiger partial charge in [-0.2, -0.15) is 0 Å². The molecule has 0 aromatic heterocycles. The van der Waals surface area contributed by atoms with Crippen molar-refractivity contribution in [1.82, 2.24) is 15.1 Å². The van der Waals surface area contributed by atoms with Crippen molar-refractivity contribution in [1.29, 1.82) is 0 Å². The van der Waals surface area contributed by atoms with Crippen LogP contribution in [0.3, 0.4) is 0 Å². The van der Waals surface area contributed by atoms with Crippen molar-refractivity contribution < 1.29 is 9.59 Å². The lowest BCUT2D eigenvalue weighted by Crippen LogP contribution is -2.54. The fourth-order valence-corrected chi connectivity index (χ4v) is 3.06. The minimum Gasteiger partial charge on any atom is -0.339 e. The van der Waals surface area contributed by atoms with Gasteiger partial charge < -0.3 is 15.1 Å². The number of urea groups is 1. The first kappa shape index (κ1) is 16.1. The Labute approximate surface area is 141 Å². The van der Waals surface area contributed by atoms with E-state index in [-0.39, 0.29) is 17.9 Å². The molecule has 3 rings (SSSR count). The Morgan fingerprint density at radius 3 is 2.22 bits per heavy atom. The molecule has 1 saturated heterocycles. The van der Waals surface area contributed by atoms with E-state index in [1.54, 1.807) is 4.90 Å². The van der Waals surface area contributed by atoms with Gasteiger partial charge in [-0.05, 0) is 30.5 Å². The van der Waals surface area contributed by atoms with E-state index >= 15 is 0 Å². The normalized spacial score (nSPS) is 18.5. The minimum atomic E-state index is -0.0734. The highest BCUT2D eigenvalue weighted by Gasteiger charge is 2.31. The lowest BCUT2D eigenvalue weighted by atomic mass is 9.84. The van der Waals surface area contributed by atoms with Crippen LogP contribution in [0.1, 0.15) is 24.8 Å². The highest BCUT2D eigenvalue weighted by atomic mass is 35.5. The van der Waals surface area contributed by atoms with Crippen LogP contribution in [0.4, 0.5) is 4.79 Å². The monoisotopic (exact) mass is 335 g/mol. The number of piperazine rings is 1. The SMILES string of the molecule is O=C(NCc1ccc(Cl)cc1)N1CCN(C(=O)C2CCC2)CC1. The summed E-state index contributed by atoms with van der Waals surface area (Å²) in [5.74, 6) is 0.512. The highest BCUT2D eigenvalue weighted by Crippen LogP contribution is 2.28. The lowest BCUT2D eigenvalue weighted by molar-refractivity contribution is -0.139. The summed E-state index contributed by atoms with van der Waals surface area (Å²) in [6, 6.07) is 7.35. The second-order valence-corrected chi connectivity index (χ2v) is 6.66. The predicted octanol–water partition coefficient (Wildman–Crippen LogP) is 2.49. The average Bonchev–Trinajstić information content (AvgIpc) is 2.52. The van der Waals surface area contributed by atoms with Gasteiger partial charge in [0.2, 0.25) is 5.91 Å². The molecule has 0 unspecified atom stereocenters. The molecule has 0 radical (unpaired) electrons. The van der Waals surface area contributed by atoms with Crippen LogP contribution in [0, 0.1) is 5.92 Å². The summed E-state index contributed by atoms with van der Waals surface area (Å²) >= 11 is 5.84. The molecule has 0 bridgehead atoms. The third-order valence-corrected chi connectivity index (χ3v) is 4.94. The van der Waals surface area contributed by atoms with Crippen molar-refractivity contribution in [3.8, 4) is 0 Å². The quantitative estimate of drug-likeness (QED) is 0.922. The van der Waals surface area contributed by atoms with Gasteiger partial charge in [-0.1, -0.05) is 30.2 Å². The van der Waals surface area contributed by atoms with Gasteiger partial charge in [-0.15, -0.1) is 0 Å². The number of hydrogen-bond acceptors (Lipinski definition) is 2. The van der Waals surface area contributed by atoms with Gasteiger partial charge in [0, 0.05) is 43.7 Å². The van der Waals surface area contributed by atoms with Crippen molar-refractivity contribution in [3.05, 3.63) is 34.9 Å². The molecule has 6 heteroatoms. The van der Waals surface area contributed by atoms with Crippen LogP contribution in [0.2, 0.25) is 5.02 Å². The predicted molar refractivity (Wildman–Crippen MR) is 89.2 cm³/mol. The summed E-state index contributed by atoms with van der Waals surface area (Å²) in [5.41, 5.74) is 1.02. The van der Waals surface area contributed by atoms with E-state index in [1.165, 1.54) is 6.42 Å². The van der Waals surface area contributed by atoms with E-state index in [0.717, 1.165) is 18.4 Å². The third-order valence-electron chi connectivity index (χ3n) is 4.69. The molecule has 124 valence electrons. The maximum atomic E-state index is 12.2. The summed E-state index contributed by atoms with van der Waals surface area (Å²) in [4.78, 5) is 28.1. The van der Waals surface area contributed by atoms with Crippen molar-refractivity contribution in [3.63, 3.8) is 0 Å². The minimum absolute atomic E-state index is 0.0734. The van der Waals surface area contributed by atoms with E-state index in [1.807, 2.05) is 29.2 Å². The maximum absolute atomic E-state index is 12.2. The second-order valence-electron chi connectivity index (χ2n) is 6.23. The summed E-state index contributed by atoms with van der Waals surface area (Å²) in [7, 11) is 0. The van der Waals surface area contributed by atoms with Crippen LogP contribution < -0.4 is 5.32 Å². The second kappa shape index (κ2) is 7.21. The van der Waals surface area contributed by atoms with E-state index in [0.29, 0.717) is 37.7 Å². The molecule has 1 aromatic carbocycles. The third kappa shape index (κ3) is 3.96. The molecule has 1 aromatic rings. The van der Waals surface area contributed by atoms with Gasteiger partial charge in [0.15, 0.2) is 0 Å². The molecule has 1 aliphatic heterocycles. The van der Waals surface area contributed by atoms with Crippen LogP contribution >= 0.6 is 11.6 Å². The standard InChI is InChI=1S/C17H22ClN3O2/c18-15-6-4-13(5-7-15)12-19-17(23)21-10-8-20(9-11-21)16(22)14-2-1-3-14/h4-7,14H,1-3,8-12H2,(H,19,23). The zero-order chi connectivity index (χ0) is 16.2. The Morgan fingerprint density at radius 2 is 1.65 bits per heavy atom. The van der Waals surface area contributed by atoms with Crippen molar-refractivity contribution >= 4 is 23.5 Å². The lowest BCUT2D eigenvalue weighted by Gasteiger charge is -2.38. The number of halogens is 1. The molecule has 2 fully saturated rings. The Bertz CT molecular complexity index is 564. The van der Waals surface area contributed by atoms with Gasteiger partial charge in [-0.3, -0.25) is 4.79 Å². The Balaban J connectivity index is 1.42. The number of hydrogen-bond donors (Lipinski definition) is 1. The van der Waals surface area contributed by atoms with Crippen molar-refractivity contribution in [2.24, 2.45) is 5.92 Å². The van der Waals surface area contributed by atoms with Crippen LogP contribution in [0.25, 0.3) is 0 Å². The molecular formula is C17H22ClN3O2. The van der Waals surface area contributed by atoms with Gasteiger partial charge in [0.25, 0.3) is 0 Å². The molecule has 2 aliphatic rings. The molecule has 3 amide bonds. The Hall–Kier alpha value is -1.75. The number of carbonyl (C=O) groups is 2. The first-order valence-corrected chi connectivity index (χ1v) is 8.57. The fourth-order valence-electron chi connectivity index (χ4n) is 2.94. The number of nitrogens with zero attached hydrogens (tertiary/aromatic N) is 2. The molecular weight excluding hydrogens is 314 g/mol. The first-order chi connectivity index (χ1) is 11.1. The summed E-state index contributed by atoms with van der Waals surface area (Å²) in [5, 5.41) is 3.61.